The van der Waals surface area contributed by atoms with Gasteiger partial charge in [0.15, 0.2) is 5.69 Å². The Morgan fingerprint density at radius 3 is 2.29 bits per heavy atom. The molecule has 4 rings (SSSR count). The van der Waals surface area contributed by atoms with Gasteiger partial charge in [0.05, 0.1) is 15.4 Å². The van der Waals surface area contributed by atoms with Gasteiger partial charge in [0.25, 0.3) is 11.5 Å². The molecule has 1 amide bonds. The van der Waals surface area contributed by atoms with E-state index >= 15 is 0 Å². The molecule has 1 fully saturated rings. The molecule has 2 heterocycles. The van der Waals surface area contributed by atoms with Crippen molar-refractivity contribution in [2.45, 2.75) is 4.90 Å². The van der Waals surface area contributed by atoms with Crippen molar-refractivity contribution in [1.82, 2.24) is 19.0 Å². The maximum Gasteiger partial charge on any atom is 0.275 e. The lowest BCUT2D eigenvalue weighted by Gasteiger charge is -2.34. The molecule has 0 bridgehead atoms. The number of carbonyl (C=O) groups excluding carboxylic acids is 1. The number of rotatable bonds is 3. The summed E-state index contributed by atoms with van der Waals surface area (Å²) >= 11 is 12.1. The summed E-state index contributed by atoms with van der Waals surface area (Å²) in [5, 5.41) is 5.17. The lowest BCUT2D eigenvalue weighted by Crippen LogP contribution is -2.50. The zero-order chi connectivity index (χ0) is 22.3. The van der Waals surface area contributed by atoms with Gasteiger partial charge in [-0.15, -0.1) is 0 Å². The number of piperazine rings is 1. The number of fused-ring (bicyclic) bond motifs is 1. The maximum atomic E-state index is 13.1. The van der Waals surface area contributed by atoms with Crippen LogP contribution in [-0.4, -0.2) is 59.5 Å². The van der Waals surface area contributed by atoms with Crippen LogP contribution in [0.5, 0.6) is 0 Å². The number of aromatic nitrogens is 2. The number of hydrogen-bond acceptors (Lipinski definition) is 5. The van der Waals surface area contributed by atoms with Crippen LogP contribution in [0.1, 0.15) is 10.5 Å². The second kappa shape index (κ2) is 8.23. The molecule has 2 aromatic carbocycles. The summed E-state index contributed by atoms with van der Waals surface area (Å²) in [6.07, 6.45) is 0. The predicted octanol–water partition coefficient (Wildman–Crippen LogP) is 2.39. The van der Waals surface area contributed by atoms with Gasteiger partial charge >= 0.3 is 0 Å². The van der Waals surface area contributed by atoms with Crippen molar-refractivity contribution >= 4 is 49.9 Å². The Morgan fingerprint density at radius 1 is 0.968 bits per heavy atom. The summed E-state index contributed by atoms with van der Waals surface area (Å²) < 4.78 is 28.4. The van der Waals surface area contributed by atoms with Gasteiger partial charge in [-0.05, 0) is 18.2 Å². The van der Waals surface area contributed by atoms with Gasteiger partial charge < -0.3 is 4.90 Å². The molecule has 31 heavy (non-hydrogen) atoms. The van der Waals surface area contributed by atoms with Crippen molar-refractivity contribution < 1.29 is 13.2 Å². The van der Waals surface area contributed by atoms with E-state index in [-0.39, 0.29) is 58.3 Å². The van der Waals surface area contributed by atoms with Crippen LogP contribution in [0.4, 0.5) is 0 Å². The number of nitrogens with zero attached hydrogens (tertiary/aromatic N) is 4. The largest absolute Gasteiger partial charge is 0.335 e. The Labute approximate surface area is 188 Å². The molecular weight excluding hydrogens is 463 g/mol. The van der Waals surface area contributed by atoms with Gasteiger partial charge in [-0.2, -0.15) is 9.40 Å². The van der Waals surface area contributed by atoms with Crippen LogP contribution in [0.25, 0.3) is 10.8 Å². The fourth-order valence-corrected chi connectivity index (χ4v) is 5.72. The average Bonchev–Trinajstić information content (AvgIpc) is 2.77. The standard InChI is InChI=1S/C20H18Cl2N4O4S/c1-24-19(27)14-6-3-2-5-13(14)18(23-24)20(28)25-9-11-26(12-10-25)31(29,30)16-8-4-7-15(21)17(16)22/h2-8H,9-12H2,1H3. The Bertz CT molecular complexity index is 1350. The molecule has 0 atom stereocenters. The molecule has 3 aromatic rings. The number of amides is 1. The zero-order valence-electron chi connectivity index (χ0n) is 16.5. The van der Waals surface area contributed by atoms with Crippen molar-refractivity contribution in [3.05, 3.63) is 68.6 Å². The summed E-state index contributed by atoms with van der Waals surface area (Å²) in [4.78, 5) is 26.9. The van der Waals surface area contributed by atoms with Crippen LogP contribution in [0.2, 0.25) is 10.0 Å². The van der Waals surface area contributed by atoms with Crippen LogP contribution in [0.15, 0.2) is 52.2 Å². The highest BCUT2D eigenvalue weighted by Gasteiger charge is 2.33. The van der Waals surface area contributed by atoms with Crippen LogP contribution in [0, 0.1) is 0 Å². The molecule has 0 saturated carbocycles. The summed E-state index contributed by atoms with van der Waals surface area (Å²) in [6.45, 7) is 0.547. The molecule has 11 heteroatoms. The third kappa shape index (κ3) is 3.82. The minimum absolute atomic E-state index is 0.0245. The average molecular weight is 481 g/mol. The minimum atomic E-state index is -3.86. The van der Waals surface area contributed by atoms with Crippen LogP contribution in [-0.2, 0) is 17.1 Å². The first-order chi connectivity index (χ1) is 14.7. The molecule has 0 radical (unpaired) electrons. The molecular formula is C20H18Cl2N4O4S. The van der Waals surface area contributed by atoms with E-state index in [0.29, 0.717) is 10.8 Å². The third-order valence-corrected chi connectivity index (χ3v) is 8.09. The molecule has 0 spiro atoms. The van der Waals surface area contributed by atoms with Gasteiger partial charge in [0, 0.05) is 38.6 Å². The fourth-order valence-electron chi connectivity index (χ4n) is 3.56. The maximum absolute atomic E-state index is 13.1. The van der Waals surface area contributed by atoms with Gasteiger partial charge in [-0.1, -0.05) is 47.5 Å². The van der Waals surface area contributed by atoms with E-state index in [1.807, 2.05) is 0 Å². The number of benzene rings is 2. The molecule has 8 nitrogen and oxygen atoms in total. The monoisotopic (exact) mass is 480 g/mol. The number of sulfonamides is 1. The highest BCUT2D eigenvalue weighted by molar-refractivity contribution is 7.89. The van der Waals surface area contributed by atoms with Crippen LogP contribution in [0.3, 0.4) is 0 Å². The molecule has 1 aromatic heterocycles. The van der Waals surface area contributed by atoms with Crippen molar-refractivity contribution in [2.75, 3.05) is 26.2 Å². The third-order valence-electron chi connectivity index (χ3n) is 5.22. The Hall–Kier alpha value is -2.46. The van der Waals surface area contributed by atoms with Crippen molar-refractivity contribution in [1.29, 1.82) is 0 Å². The number of aryl methyl sites for hydroxylation is 1. The van der Waals surface area contributed by atoms with E-state index in [1.165, 1.54) is 34.5 Å². The van der Waals surface area contributed by atoms with Crippen LogP contribution >= 0.6 is 23.2 Å². The molecule has 0 aliphatic carbocycles. The van der Waals surface area contributed by atoms with Gasteiger partial charge in [0.2, 0.25) is 10.0 Å². The summed E-state index contributed by atoms with van der Waals surface area (Å²) in [6, 6.07) is 11.2. The lowest BCUT2D eigenvalue weighted by atomic mass is 10.1. The smallest absolute Gasteiger partial charge is 0.275 e. The number of carbonyl (C=O) groups is 1. The SMILES string of the molecule is Cn1nc(C(=O)N2CCN(S(=O)(=O)c3cccc(Cl)c3Cl)CC2)c2ccccc2c1=O. The number of hydrogen-bond donors (Lipinski definition) is 0. The highest BCUT2D eigenvalue weighted by atomic mass is 35.5. The van der Waals surface area contributed by atoms with Crippen molar-refractivity contribution in [3.8, 4) is 0 Å². The van der Waals surface area contributed by atoms with Gasteiger partial charge in [-0.3, -0.25) is 9.59 Å². The Morgan fingerprint density at radius 2 is 1.61 bits per heavy atom. The molecule has 1 saturated heterocycles. The molecule has 162 valence electrons. The summed E-state index contributed by atoms with van der Waals surface area (Å²) in [5.41, 5.74) is -0.131. The lowest BCUT2D eigenvalue weighted by molar-refractivity contribution is 0.0691. The molecule has 1 aliphatic heterocycles. The second-order valence-electron chi connectivity index (χ2n) is 7.07. The van der Waals surface area contributed by atoms with Crippen LogP contribution < -0.4 is 5.56 Å². The first kappa shape index (κ1) is 21.8. The summed E-state index contributed by atoms with van der Waals surface area (Å²) in [5.74, 6) is -0.357. The van der Waals surface area contributed by atoms with Crippen molar-refractivity contribution in [2.24, 2.45) is 7.05 Å². The van der Waals surface area contributed by atoms with E-state index in [1.54, 1.807) is 24.3 Å². The molecule has 1 aliphatic rings. The predicted molar refractivity (Wildman–Crippen MR) is 118 cm³/mol. The second-order valence-corrected chi connectivity index (χ2v) is 9.76. The van der Waals surface area contributed by atoms with E-state index in [9.17, 15) is 18.0 Å². The van der Waals surface area contributed by atoms with E-state index in [4.69, 9.17) is 23.2 Å². The fraction of sp³-hybridized carbons (Fsp3) is 0.250. The summed E-state index contributed by atoms with van der Waals surface area (Å²) in [7, 11) is -2.37. The first-order valence-corrected chi connectivity index (χ1v) is 11.6. The quantitative estimate of drug-likeness (QED) is 0.573. The Kier molecular flexibility index (Phi) is 5.78. The molecule has 0 unspecified atom stereocenters. The van der Waals surface area contributed by atoms with E-state index in [0.717, 1.165) is 4.68 Å². The Balaban J connectivity index is 1.58. The van der Waals surface area contributed by atoms with Gasteiger partial charge in [-0.25, -0.2) is 13.1 Å². The molecule has 0 N–H and O–H groups in total. The normalized spacial score (nSPS) is 15.4. The highest BCUT2D eigenvalue weighted by Crippen LogP contribution is 2.31. The van der Waals surface area contributed by atoms with Crippen molar-refractivity contribution in [3.63, 3.8) is 0 Å². The first-order valence-electron chi connectivity index (χ1n) is 9.41. The number of halogens is 2. The van der Waals surface area contributed by atoms with Gasteiger partial charge in [0.1, 0.15) is 4.90 Å². The van der Waals surface area contributed by atoms with E-state index < -0.39 is 10.0 Å². The zero-order valence-corrected chi connectivity index (χ0v) is 18.8. The topological polar surface area (TPSA) is 92.6 Å². The minimum Gasteiger partial charge on any atom is -0.335 e. The van der Waals surface area contributed by atoms with E-state index in [2.05, 4.69) is 5.10 Å².